The highest BCUT2D eigenvalue weighted by molar-refractivity contribution is 7.71. The maximum Gasteiger partial charge on any atom is 0.138 e. The van der Waals surface area contributed by atoms with Gasteiger partial charge in [-0.2, -0.15) is 0 Å². The van der Waals surface area contributed by atoms with Gasteiger partial charge in [-0.25, -0.2) is 4.98 Å². The molecule has 3 nitrogen and oxygen atoms in total. The van der Waals surface area contributed by atoms with Crippen LogP contribution in [0.2, 0.25) is 0 Å². The molecule has 0 aliphatic carbocycles. The van der Waals surface area contributed by atoms with Crippen molar-refractivity contribution in [1.82, 2.24) is 9.97 Å². The summed E-state index contributed by atoms with van der Waals surface area (Å²) < 4.78 is 6.21. The smallest absolute Gasteiger partial charge is 0.138 e. The number of nitrogens with zero attached hydrogens (tertiary/aromatic N) is 1. The monoisotopic (exact) mass is 198 g/mol. The number of ether oxygens (including phenoxy) is 1. The molecule has 1 heterocycles. The first-order chi connectivity index (χ1) is 6.06. The Morgan fingerprint density at radius 3 is 2.85 bits per heavy atom. The molecule has 0 bridgehead atoms. The van der Waals surface area contributed by atoms with E-state index < -0.39 is 5.60 Å². The van der Waals surface area contributed by atoms with E-state index in [9.17, 15) is 0 Å². The molecule has 0 radical (unpaired) electrons. The molecule has 1 rings (SSSR count). The fourth-order valence-corrected chi connectivity index (χ4v) is 1.26. The highest BCUT2D eigenvalue weighted by atomic mass is 32.1. The van der Waals surface area contributed by atoms with Crippen LogP contribution >= 0.6 is 12.2 Å². The van der Waals surface area contributed by atoms with Crippen LogP contribution in [-0.4, -0.2) is 16.6 Å². The van der Waals surface area contributed by atoms with Crippen molar-refractivity contribution in [2.75, 3.05) is 6.61 Å². The number of H-pyrrole nitrogens is 1. The fraction of sp³-hybridized carbons (Fsp3) is 0.556. The van der Waals surface area contributed by atoms with Crippen LogP contribution in [0.15, 0.2) is 12.3 Å². The molecule has 0 saturated heterocycles. The third kappa shape index (κ3) is 2.60. The van der Waals surface area contributed by atoms with Crippen LogP contribution in [0.5, 0.6) is 0 Å². The van der Waals surface area contributed by atoms with E-state index in [1.807, 2.05) is 20.8 Å². The SMILES string of the molecule is CCOC(C)(C)c1nccc(=S)[nH]1. The third-order valence-electron chi connectivity index (χ3n) is 1.75. The van der Waals surface area contributed by atoms with Gasteiger partial charge in [0.05, 0.1) is 0 Å². The molecule has 13 heavy (non-hydrogen) atoms. The Labute approximate surface area is 83.2 Å². The van der Waals surface area contributed by atoms with Gasteiger partial charge in [0.25, 0.3) is 0 Å². The van der Waals surface area contributed by atoms with E-state index in [2.05, 4.69) is 9.97 Å². The average Bonchev–Trinajstić information content (AvgIpc) is 2.04. The number of hydrogen-bond acceptors (Lipinski definition) is 3. The van der Waals surface area contributed by atoms with Gasteiger partial charge in [0.2, 0.25) is 0 Å². The van der Waals surface area contributed by atoms with Crippen molar-refractivity contribution in [3.63, 3.8) is 0 Å². The van der Waals surface area contributed by atoms with E-state index in [0.29, 0.717) is 11.2 Å². The summed E-state index contributed by atoms with van der Waals surface area (Å²) in [4.78, 5) is 7.19. The highest BCUT2D eigenvalue weighted by Gasteiger charge is 2.22. The van der Waals surface area contributed by atoms with Crippen molar-refractivity contribution in [1.29, 1.82) is 0 Å². The third-order valence-corrected chi connectivity index (χ3v) is 1.98. The summed E-state index contributed by atoms with van der Waals surface area (Å²) in [6.45, 7) is 6.54. The molecule has 1 N–H and O–H groups in total. The minimum Gasteiger partial charge on any atom is -0.368 e. The second-order valence-electron chi connectivity index (χ2n) is 3.23. The maximum absolute atomic E-state index is 5.53. The topological polar surface area (TPSA) is 37.9 Å². The first-order valence-electron chi connectivity index (χ1n) is 4.26. The minimum atomic E-state index is -0.399. The summed E-state index contributed by atoms with van der Waals surface area (Å²) >= 11 is 5.00. The van der Waals surface area contributed by atoms with Crippen molar-refractivity contribution in [3.8, 4) is 0 Å². The van der Waals surface area contributed by atoms with Crippen molar-refractivity contribution >= 4 is 12.2 Å². The molecule has 0 aliphatic rings. The van der Waals surface area contributed by atoms with Crippen molar-refractivity contribution < 1.29 is 4.74 Å². The Morgan fingerprint density at radius 2 is 2.31 bits per heavy atom. The first-order valence-corrected chi connectivity index (χ1v) is 4.67. The Balaban J connectivity index is 2.99. The van der Waals surface area contributed by atoms with Crippen molar-refractivity contribution in [3.05, 3.63) is 22.7 Å². The second kappa shape index (κ2) is 3.98. The molecular weight excluding hydrogens is 184 g/mol. The van der Waals surface area contributed by atoms with Gasteiger partial charge >= 0.3 is 0 Å². The Bertz CT molecular complexity index is 332. The lowest BCUT2D eigenvalue weighted by Gasteiger charge is -2.23. The standard InChI is InChI=1S/C9H14N2OS/c1-4-12-9(2,3)8-10-6-5-7(13)11-8/h5-6H,4H2,1-3H3,(H,10,11,13). The van der Waals surface area contributed by atoms with Crippen LogP contribution in [0.4, 0.5) is 0 Å². The molecule has 0 aromatic carbocycles. The van der Waals surface area contributed by atoms with E-state index in [4.69, 9.17) is 17.0 Å². The number of nitrogens with one attached hydrogen (secondary N) is 1. The van der Waals surface area contributed by atoms with Crippen LogP contribution < -0.4 is 0 Å². The van der Waals surface area contributed by atoms with Gasteiger partial charge in [-0.15, -0.1) is 0 Å². The lowest BCUT2D eigenvalue weighted by atomic mass is 10.1. The van der Waals surface area contributed by atoms with E-state index >= 15 is 0 Å². The molecule has 0 fully saturated rings. The lowest BCUT2D eigenvalue weighted by Crippen LogP contribution is -2.24. The molecule has 1 aromatic heterocycles. The van der Waals surface area contributed by atoms with E-state index in [1.54, 1.807) is 12.3 Å². The van der Waals surface area contributed by atoms with Gasteiger partial charge in [0.1, 0.15) is 16.1 Å². The largest absolute Gasteiger partial charge is 0.368 e. The molecule has 0 atom stereocenters. The Hall–Kier alpha value is -0.740. The van der Waals surface area contributed by atoms with E-state index in [-0.39, 0.29) is 0 Å². The minimum absolute atomic E-state index is 0.399. The summed E-state index contributed by atoms with van der Waals surface area (Å²) in [6.07, 6.45) is 1.69. The summed E-state index contributed by atoms with van der Waals surface area (Å²) in [6, 6.07) is 1.75. The maximum atomic E-state index is 5.53. The number of rotatable bonds is 3. The fourth-order valence-electron chi connectivity index (χ4n) is 1.11. The zero-order valence-corrected chi connectivity index (χ0v) is 8.94. The molecule has 4 heteroatoms. The van der Waals surface area contributed by atoms with Crippen LogP contribution in [0.1, 0.15) is 26.6 Å². The zero-order valence-electron chi connectivity index (χ0n) is 8.13. The average molecular weight is 198 g/mol. The quantitative estimate of drug-likeness (QED) is 0.758. The number of aromatic amines is 1. The summed E-state index contributed by atoms with van der Waals surface area (Å²) in [7, 11) is 0. The zero-order chi connectivity index (χ0) is 9.90. The van der Waals surface area contributed by atoms with Crippen molar-refractivity contribution in [2.24, 2.45) is 0 Å². The van der Waals surface area contributed by atoms with Gasteiger partial charge in [0, 0.05) is 12.8 Å². The highest BCUT2D eigenvalue weighted by Crippen LogP contribution is 2.19. The predicted molar refractivity (Wildman–Crippen MR) is 54.1 cm³/mol. The molecular formula is C9H14N2OS. The predicted octanol–water partition coefficient (Wildman–Crippen LogP) is 2.41. The lowest BCUT2D eigenvalue weighted by molar-refractivity contribution is -0.0209. The van der Waals surface area contributed by atoms with Gasteiger partial charge in [-0.1, -0.05) is 12.2 Å². The second-order valence-corrected chi connectivity index (χ2v) is 3.67. The number of aromatic nitrogens is 2. The van der Waals surface area contributed by atoms with Gasteiger partial charge in [-0.3, -0.25) is 0 Å². The van der Waals surface area contributed by atoms with Crippen molar-refractivity contribution in [2.45, 2.75) is 26.4 Å². The van der Waals surface area contributed by atoms with Gasteiger partial charge in [-0.05, 0) is 26.8 Å². The molecule has 0 unspecified atom stereocenters. The summed E-state index contributed by atoms with van der Waals surface area (Å²) in [5.74, 6) is 0.766. The van der Waals surface area contributed by atoms with Crippen LogP contribution in [-0.2, 0) is 10.3 Å². The Morgan fingerprint density at radius 1 is 1.62 bits per heavy atom. The van der Waals surface area contributed by atoms with Crippen LogP contribution in [0.25, 0.3) is 0 Å². The summed E-state index contributed by atoms with van der Waals surface area (Å²) in [5.41, 5.74) is -0.399. The first kappa shape index (κ1) is 10.3. The van der Waals surface area contributed by atoms with Gasteiger partial charge in [0.15, 0.2) is 0 Å². The normalized spacial score (nSPS) is 11.6. The molecule has 0 aliphatic heterocycles. The van der Waals surface area contributed by atoms with Gasteiger partial charge < -0.3 is 9.72 Å². The molecule has 0 saturated carbocycles. The molecule has 0 amide bonds. The molecule has 0 spiro atoms. The molecule has 72 valence electrons. The van der Waals surface area contributed by atoms with E-state index in [1.165, 1.54) is 0 Å². The van der Waals surface area contributed by atoms with Crippen LogP contribution in [0.3, 0.4) is 0 Å². The molecule has 1 aromatic rings. The summed E-state index contributed by atoms with van der Waals surface area (Å²) in [5, 5.41) is 0. The van der Waals surface area contributed by atoms with E-state index in [0.717, 1.165) is 5.82 Å². The Kier molecular flexibility index (Phi) is 3.17. The van der Waals surface area contributed by atoms with Crippen LogP contribution in [0, 0.1) is 4.64 Å². The number of hydrogen-bond donors (Lipinski definition) is 1.